The van der Waals surface area contributed by atoms with Gasteiger partial charge in [0.25, 0.3) is 5.56 Å². The van der Waals surface area contributed by atoms with Crippen LogP contribution >= 0.6 is 23.1 Å². The first-order valence-electron chi connectivity index (χ1n) is 7.70. The average Bonchev–Trinajstić information content (AvgIpc) is 2.92. The number of aromatic nitrogens is 3. The van der Waals surface area contributed by atoms with Crippen LogP contribution in [-0.2, 0) is 4.79 Å². The quantitative estimate of drug-likeness (QED) is 0.296. The van der Waals surface area contributed by atoms with Crippen molar-refractivity contribution in [3.63, 3.8) is 0 Å². The summed E-state index contributed by atoms with van der Waals surface area (Å²) in [5.74, 6) is 0.182. The van der Waals surface area contributed by atoms with Gasteiger partial charge in [-0.05, 0) is 13.3 Å². The number of aliphatic hydroxyl groups is 1. The molecule has 132 valence electrons. The van der Waals surface area contributed by atoms with Crippen molar-refractivity contribution >= 4 is 44.5 Å². The van der Waals surface area contributed by atoms with Gasteiger partial charge in [0.05, 0.1) is 6.10 Å². The minimum absolute atomic E-state index is 0.267. The fourth-order valence-electron chi connectivity index (χ4n) is 2.03. The lowest BCUT2D eigenvalue weighted by molar-refractivity contribution is -0.120. The van der Waals surface area contributed by atoms with Gasteiger partial charge >= 0.3 is 0 Å². The summed E-state index contributed by atoms with van der Waals surface area (Å²) in [7, 11) is 0. The Morgan fingerprint density at radius 2 is 2.21 bits per heavy atom. The molecule has 0 fully saturated rings. The third-order valence-electron chi connectivity index (χ3n) is 3.30. The second-order valence-corrected chi connectivity index (χ2v) is 7.45. The van der Waals surface area contributed by atoms with E-state index in [1.807, 2.05) is 0 Å². The van der Waals surface area contributed by atoms with Crippen molar-refractivity contribution in [2.45, 2.75) is 50.4 Å². The Kier molecular flexibility index (Phi) is 6.58. The number of nitrogens with two attached hydrogens (primary N) is 1. The highest BCUT2D eigenvalue weighted by Crippen LogP contribution is 2.24. The zero-order valence-corrected chi connectivity index (χ0v) is 15.2. The molecule has 2 aromatic heterocycles. The number of aliphatic hydroxyl groups excluding tert-OH is 1. The molecule has 24 heavy (non-hydrogen) atoms. The van der Waals surface area contributed by atoms with Crippen LogP contribution in [0.3, 0.4) is 0 Å². The number of primary amides is 1. The molecule has 0 spiro atoms. The average molecular weight is 371 g/mol. The molecular formula is C14H21N5O3S2. The van der Waals surface area contributed by atoms with Crippen LogP contribution in [0.4, 0.5) is 5.13 Å². The molecule has 2 atom stereocenters. The molecule has 0 radical (unpaired) electrons. The smallest absolute Gasteiger partial charge is 0.271 e. The minimum Gasteiger partial charge on any atom is -0.391 e. The second-order valence-electron chi connectivity index (χ2n) is 5.36. The fraction of sp³-hybridized carbons (Fsp3) is 0.571. The Morgan fingerprint density at radius 3 is 2.83 bits per heavy atom. The maximum atomic E-state index is 12.1. The maximum absolute atomic E-state index is 12.1. The first-order chi connectivity index (χ1) is 11.4. The highest BCUT2D eigenvalue weighted by atomic mass is 32.2. The van der Waals surface area contributed by atoms with Gasteiger partial charge < -0.3 is 21.1 Å². The Morgan fingerprint density at radius 1 is 1.46 bits per heavy atom. The van der Waals surface area contributed by atoms with Gasteiger partial charge in [-0.2, -0.15) is 4.98 Å². The number of thioether (sulfide) groups is 1. The third-order valence-corrected chi connectivity index (χ3v) is 5.23. The monoisotopic (exact) mass is 371 g/mol. The third kappa shape index (κ3) is 4.68. The van der Waals surface area contributed by atoms with E-state index in [1.165, 1.54) is 18.7 Å². The number of thiazole rings is 1. The number of fused-ring (bicyclic) bond motifs is 1. The van der Waals surface area contributed by atoms with E-state index in [0.29, 0.717) is 20.6 Å². The van der Waals surface area contributed by atoms with Crippen molar-refractivity contribution < 1.29 is 9.90 Å². The van der Waals surface area contributed by atoms with Crippen LogP contribution in [0.5, 0.6) is 0 Å². The van der Waals surface area contributed by atoms with Crippen LogP contribution in [0.25, 0.3) is 10.3 Å². The summed E-state index contributed by atoms with van der Waals surface area (Å²) in [6.07, 6.45) is 2.35. The van der Waals surface area contributed by atoms with Crippen molar-refractivity contribution in [2.75, 3.05) is 11.1 Å². The number of rotatable bonds is 9. The number of unbranched alkanes of at least 4 members (excludes halogenated alkanes) is 2. The van der Waals surface area contributed by atoms with E-state index >= 15 is 0 Å². The number of H-pyrrole nitrogens is 1. The van der Waals surface area contributed by atoms with Gasteiger partial charge in [0.1, 0.15) is 10.7 Å². The zero-order valence-electron chi connectivity index (χ0n) is 13.5. The topological polar surface area (TPSA) is 134 Å². The van der Waals surface area contributed by atoms with E-state index < -0.39 is 18.1 Å². The Bertz CT molecular complexity index is 758. The number of carbonyl (C=O) groups excluding carboxylic acids is 1. The Labute approximate surface area is 147 Å². The molecule has 2 rings (SSSR count). The first-order valence-corrected chi connectivity index (χ1v) is 9.50. The standard InChI is InChI=1S/C14H21N5O3S2/c1-3-4-5-6-23-13-17-11-9(12(22)19-13)24-14(18-11)16-8(7(2)20)10(15)21/h7-8,20H,3-6H2,1-2H3,(H2,15,21)(H2,16,17,18,19,22)/t7-,8?/m0/s1. The summed E-state index contributed by atoms with van der Waals surface area (Å²) in [5.41, 5.74) is 5.29. The van der Waals surface area contributed by atoms with Gasteiger partial charge in [0, 0.05) is 5.75 Å². The van der Waals surface area contributed by atoms with Crippen LogP contribution in [-0.4, -0.2) is 43.9 Å². The molecule has 0 aliphatic heterocycles. The molecule has 0 saturated heterocycles. The van der Waals surface area contributed by atoms with E-state index in [2.05, 4.69) is 27.2 Å². The summed E-state index contributed by atoms with van der Waals surface area (Å²) in [6, 6.07) is -0.979. The van der Waals surface area contributed by atoms with Crippen molar-refractivity contribution in [2.24, 2.45) is 5.73 Å². The largest absolute Gasteiger partial charge is 0.391 e. The summed E-state index contributed by atoms with van der Waals surface area (Å²) < 4.78 is 0.365. The number of nitrogens with one attached hydrogen (secondary N) is 2. The fourth-order valence-corrected chi connectivity index (χ4v) is 3.72. The van der Waals surface area contributed by atoms with Gasteiger partial charge in [-0.15, -0.1) is 0 Å². The lowest BCUT2D eigenvalue weighted by Crippen LogP contribution is -2.43. The number of hydrogen-bond donors (Lipinski definition) is 4. The van der Waals surface area contributed by atoms with Crippen LogP contribution in [0.1, 0.15) is 33.1 Å². The summed E-state index contributed by atoms with van der Waals surface area (Å²) >= 11 is 2.56. The molecule has 0 saturated carbocycles. The highest BCUT2D eigenvalue weighted by molar-refractivity contribution is 7.99. The number of nitrogens with zero attached hydrogens (tertiary/aromatic N) is 2. The Balaban J connectivity index is 2.19. The van der Waals surface area contributed by atoms with Gasteiger partial charge in [0.15, 0.2) is 15.9 Å². The van der Waals surface area contributed by atoms with Crippen molar-refractivity contribution in [3.05, 3.63) is 10.4 Å². The number of anilines is 1. The number of hydrogen-bond acceptors (Lipinski definition) is 8. The molecule has 10 heteroatoms. The summed E-state index contributed by atoms with van der Waals surface area (Å²) in [5, 5.41) is 13.2. The molecule has 0 aliphatic carbocycles. The summed E-state index contributed by atoms with van der Waals surface area (Å²) in [6.45, 7) is 3.58. The molecule has 0 aliphatic rings. The van der Waals surface area contributed by atoms with Crippen LogP contribution in [0.15, 0.2) is 9.95 Å². The number of aromatic amines is 1. The minimum atomic E-state index is -0.981. The molecule has 1 unspecified atom stereocenters. The molecule has 8 nitrogen and oxygen atoms in total. The molecule has 5 N–H and O–H groups in total. The molecule has 2 aromatic rings. The van der Waals surface area contributed by atoms with Crippen LogP contribution in [0.2, 0.25) is 0 Å². The lowest BCUT2D eigenvalue weighted by atomic mass is 10.2. The maximum Gasteiger partial charge on any atom is 0.271 e. The van der Waals surface area contributed by atoms with Crippen LogP contribution < -0.4 is 16.6 Å². The van der Waals surface area contributed by atoms with Crippen molar-refractivity contribution in [1.82, 2.24) is 15.0 Å². The van der Waals surface area contributed by atoms with Gasteiger partial charge in [-0.1, -0.05) is 42.9 Å². The van der Waals surface area contributed by atoms with Crippen molar-refractivity contribution in [3.8, 4) is 0 Å². The molecule has 2 heterocycles. The van der Waals surface area contributed by atoms with Crippen molar-refractivity contribution in [1.29, 1.82) is 0 Å². The molecule has 0 aromatic carbocycles. The highest BCUT2D eigenvalue weighted by Gasteiger charge is 2.23. The predicted molar refractivity (Wildman–Crippen MR) is 96.6 cm³/mol. The van der Waals surface area contributed by atoms with E-state index in [0.717, 1.165) is 36.4 Å². The van der Waals surface area contributed by atoms with Gasteiger partial charge in [-0.3, -0.25) is 9.59 Å². The van der Waals surface area contributed by atoms with Gasteiger partial charge in [0.2, 0.25) is 5.91 Å². The van der Waals surface area contributed by atoms with E-state index in [-0.39, 0.29) is 5.56 Å². The molecule has 1 amide bonds. The van der Waals surface area contributed by atoms with E-state index in [9.17, 15) is 14.7 Å². The SMILES string of the molecule is CCCCCSc1nc2nc(NC(C(N)=O)[C@H](C)O)sc2c(=O)[nH]1. The van der Waals surface area contributed by atoms with E-state index in [1.54, 1.807) is 0 Å². The number of amides is 1. The first kappa shape index (κ1) is 18.7. The molecule has 0 bridgehead atoms. The number of carbonyl (C=O) groups is 1. The lowest BCUT2D eigenvalue weighted by Gasteiger charge is -2.16. The van der Waals surface area contributed by atoms with E-state index in [4.69, 9.17) is 5.73 Å². The predicted octanol–water partition coefficient (Wildman–Crippen LogP) is 1.31. The Hall–Kier alpha value is -1.65. The summed E-state index contributed by atoms with van der Waals surface area (Å²) in [4.78, 5) is 34.8. The second kappa shape index (κ2) is 8.45. The van der Waals surface area contributed by atoms with Crippen LogP contribution in [0, 0.1) is 0 Å². The van der Waals surface area contributed by atoms with Gasteiger partial charge in [-0.25, -0.2) is 4.98 Å². The normalized spacial score (nSPS) is 13.8. The zero-order chi connectivity index (χ0) is 17.7. The molecular weight excluding hydrogens is 350 g/mol.